The van der Waals surface area contributed by atoms with Crippen LogP contribution in [0.25, 0.3) is 0 Å². The van der Waals surface area contributed by atoms with Gasteiger partial charge in [-0.05, 0) is 6.42 Å². The minimum absolute atomic E-state index is 0.00225. The molecule has 1 aliphatic heterocycles. The van der Waals surface area contributed by atoms with E-state index >= 15 is 0 Å². The van der Waals surface area contributed by atoms with Gasteiger partial charge >= 0.3 is 6.18 Å². The molecule has 1 aromatic heterocycles. The summed E-state index contributed by atoms with van der Waals surface area (Å²) < 4.78 is 64.5. The van der Waals surface area contributed by atoms with Gasteiger partial charge in [-0.2, -0.15) is 18.2 Å². The van der Waals surface area contributed by atoms with Crippen molar-refractivity contribution >= 4 is 9.84 Å². The largest absolute Gasteiger partial charge is 0.415 e. The van der Waals surface area contributed by atoms with Crippen molar-refractivity contribution in [3.63, 3.8) is 0 Å². The van der Waals surface area contributed by atoms with Gasteiger partial charge in [-0.25, -0.2) is 8.42 Å². The van der Waals surface area contributed by atoms with Crippen molar-refractivity contribution in [3.8, 4) is 0 Å². The summed E-state index contributed by atoms with van der Waals surface area (Å²) in [6.45, 7) is 1.11. The van der Waals surface area contributed by atoms with Gasteiger partial charge in [0.25, 0.3) is 0 Å². The van der Waals surface area contributed by atoms with Gasteiger partial charge in [0, 0.05) is 5.92 Å². The Morgan fingerprint density at radius 2 is 2.10 bits per heavy atom. The van der Waals surface area contributed by atoms with E-state index < -0.39 is 34.0 Å². The molecule has 6 nitrogen and oxygen atoms in total. The number of rotatable bonds is 3. The van der Waals surface area contributed by atoms with E-state index in [1.165, 1.54) is 0 Å². The van der Waals surface area contributed by atoms with E-state index in [9.17, 15) is 21.6 Å². The zero-order chi connectivity index (χ0) is 15.1. The fourth-order valence-corrected chi connectivity index (χ4v) is 3.75. The quantitative estimate of drug-likeness (QED) is 0.894. The number of halogens is 3. The third-order valence-electron chi connectivity index (χ3n) is 3.25. The van der Waals surface area contributed by atoms with Gasteiger partial charge in [0.15, 0.2) is 21.8 Å². The Hall–Kier alpha value is -1.16. The van der Waals surface area contributed by atoms with Crippen molar-refractivity contribution in [2.75, 3.05) is 11.5 Å². The van der Waals surface area contributed by atoms with Crippen LogP contribution in [0.5, 0.6) is 0 Å². The standard InChI is InChI=1S/C10H13F3N2O4S/c1-5(7(16)10(11,12)13)9-14-8(15-19-9)6-2-3-20(17,18)4-6/h5-7,16H,2-4H2,1H3. The van der Waals surface area contributed by atoms with Crippen molar-refractivity contribution in [1.82, 2.24) is 10.1 Å². The summed E-state index contributed by atoms with van der Waals surface area (Å²) in [5.74, 6) is -2.29. The van der Waals surface area contributed by atoms with Crippen LogP contribution in [-0.4, -0.2) is 47.5 Å². The van der Waals surface area contributed by atoms with E-state index in [0.29, 0.717) is 6.42 Å². The molecule has 3 unspecified atom stereocenters. The highest BCUT2D eigenvalue weighted by molar-refractivity contribution is 7.91. The Bertz CT molecular complexity index is 584. The molecule has 1 aromatic rings. The minimum atomic E-state index is -4.79. The second-order valence-electron chi connectivity index (χ2n) is 4.87. The summed E-state index contributed by atoms with van der Waals surface area (Å²) in [5.41, 5.74) is 0. The Labute approximate surface area is 112 Å². The lowest BCUT2D eigenvalue weighted by Crippen LogP contribution is -2.33. The maximum atomic E-state index is 12.4. The average Bonchev–Trinajstić information content (AvgIpc) is 2.92. The number of hydrogen-bond acceptors (Lipinski definition) is 6. The van der Waals surface area contributed by atoms with Crippen molar-refractivity contribution in [3.05, 3.63) is 11.7 Å². The number of aromatic nitrogens is 2. The second kappa shape index (κ2) is 4.99. The average molecular weight is 314 g/mol. The molecule has 1 N–H and O–H groups in total. The fraction of sp³-hybridized carbons (Fsp3) is 0.800. The summed E-state index contributed by atoms with van der Waals surface area (Å²) in [6.07, 6.45) is -7.08. The number of alkyl halides is 3. The molecule has 114 valence electrons. The van der Waals surface area contributed by atoms with Crippen LogP contribution < -0.4 is 0 Å². The van der Waals surface area contributed by atoms with Gasteiger partial charge < -0.3 is 9.63 Å². The summed E-state index contributed by atoms with van der Waals surface area (Å²) >= 11 is 0. The molecule has 2 heterocycles. The third kappa shape index (κ3) is 3.11. The van der Waals surface area contributed by atoms with Gasteiger partial charge in [0.05, 0.1) is 17.4 Å². The summed E-state index contributed by atoms with van der Waals surface area (Å²) in [4.78, 5) is 3.79. The first-order chi connectivity index (χ1) is 9.10. The molecule has 1 aliphatic rings. The highest BCUT2D eigenvalue weighted by Crippen LogP contribution is 2.32. The monoisotopic (exact) mass is 314 g/mol. The van der Waals surface area contributed by atoms with Gasteiger partial charge in [0.1, 0.15) is 0 Å². The first-order valence-electron chi connectivity index (χ1n) is 5.89. The lowest BCUT2D eigenvalue weighted by atomic mass is 10.0. The molecule has 2 rings (SSSR count). The highest BCUT2D eigenvalue weighted by atomic mass is 32.2. The molecule has 0 aromatic carbocycles. The lowest BCUT2D eigenvalue weighted by molar-refractivity contribution is -0.210. The minimum Gasteiger partial charge on any atom is -0.383 e. The van der Waals surface area contributed by atoms with E-state index in [-0.39, 0.29) is 23.2 Å². The summed E-state index contributed by atoms with van der Waals surface area (Å²) in [5, 5.41) is 12.6. The molecule has 10 heteroatoms. The van der Waals surface area contributed by atoms with E-state index in [0.717, 1.165) is 6.92 Å². The number of aliphatic hydroxyl groups excluding tert-OH is 1. The Morgan fingerprint density at radius 3 is 2.60 bits per heavy atom. The Morgan fingerprint density at radius 1 is 1.45 bits per heavy atom. The summed E-state index contributed by atoms with van der Waals surface area (Å²) in [6, 6.07) is 0. The molecule has 1 saturated heterocycles. The van der Waals surface area contributed by atoms with Crippen LogP contribution in [0, 0.1) is 0 Å². The summed E-state index contributed by atoms with van der Waals surface area (Å²) in [7, 11) is -3.15. The van der Waals surface area contributed by atoms with Crippen LogP contribution in [0.15, 0.2) is 4.52 Å². The number of nitrogens with zero attached hydrogens (tertiary/aromatic N) is 2. The Kier molecular flexibility index (Phi) is 3.80. The van der Waals surface area contributed by atoms with Crippen LogP contribution in [0.3, 0.4) is 0 Å². The van der Waals surface area contributed by atoms with Gasteiger partial charge in [0.2, 0.25) is 5.89 Å². The predicted molar refractivity (Wildman–Crippen MR) is 60.8 cm³/mol. The maximum Gasteiger partial charge on any atom is 0.415 e. The second-order valence-corrected chi connectivity index (χ2v) is 7.09. The molecule has 0 bridgehead atoms. The van der Waals surface area contributed by atoms with E-state index in [4.69, 9.17) is 9.63 Å². The zero-order valence-corrected chi connectivity index (χ0v) is 11.3. The maximum absolute atomic E-state index is 12.4. The van der Waals surface area contributed by atoms with Crippen molar-refractivity contribution in [1.29, 1.82) is 0 Å². The Balaban J connectivity index is 2.14. The van der Waals surface area contributed by atoms with Crippen molar-refractivity contribution in [2.45, 2.75) is 37.5 Å². The van der Waals surface area contributed by atoms with E-state index in [1.807, 2.05) is 0 Å². The first-order valence-corrected chi connectivity index (χ1v) is 7.71. The first kappa shape index (κ1) is 15.2. The number of hydrogen-bond donors (Lipinski definition) is 1. The molecular formula is C10H13F3N2O4S. The lowest BCUT2D eigenvalue weighted by Gasteiger charge is -2.18. The third-order valence-corrected chi connectivity index (χ3v) is 5.02. The molecule has 1 fully saturated rings. The van der Waals surface area contributed by atoms with Crippen LogP contribution in [0.1, 0.15) is 36.9 Å². The molecule has 3 atom stereocenters. The molecule has 0 saturated carbocycles. The van der Waals surface area contributed by atoms with Crippen molar-refractivity contribution in [2.24, 2.45) is 0 Å². The molecular weight excluding hydrogens is 301 g/mol. The predicted octanol–water partition coefficient (Wildman–Crippen LogP) is 0.998. The molecule has 20 heavy (non-hydrogen) atoms. The molecule has 0 amide bonds. The SMILES string of the molecule is CC(c1nc(C2CCS(=O)(=O)C2)no1)C(O)C(F)(F)F. The van der Waals surface area contributed by atoms with Crippen LogP contribution in [-0.2, 0) is 9.84 Å². The topological polar surface area (TPSA) is 93.3 Å². The fourth-order valence-electron chi connectivity index (χ4n) is 2.02. The van der Waals surface area contributed by atoms with Crippen molar-refractivity contribution < 1.29 is 31.2 Å². The van der Waals surface area contributed by atoms with E-state index in [1.54, 1.807) is 0 Å². The number of sulfone groups is 1. The smallest absolute Gasteiger partial charge is 0.383 e. The van der Waals surface area contributed by atoms with E-state index in [2.05, 4.69) is 10.1 Å². The normalized spacial score (nSPS) is 25.6. The van der Waals surface area contributed by atoms with Crippen LogP contribution in [0.4, 0.5) is 13.2 Å². The zero-order valence-electron chi connectivity index (χ0n) is 10.5. The van der Waals surface area contributed by atoms with Gasteiger partial charge in [-0.1, -0.05) is 12.1 Å². The van der Waals surface area contributed by atoms with Gasteiger partial charge in [-0.15, -0.1) is 0 Å². The van der Waals surface area contributed by atoms with Crippen LogP contribution in [0.2, 0.25) is 0 Å². The number of aliphatic hydroxyl groups is 1. The molecule has 0 aliphatic carbocycles. The van der Waals surface area contributed by atoms with Gasteiger partial charge in [-0.3, -0.25) is 0 Å². The highest BCUT2D eigenvalue weighted by Gasteiger charge is 2.44. The van der Waals surface area contributed by atoms with Crippen LogP contribution >= 0.6 is 0 Å². The molecule has 0 spiro atoms. The molecule has 0 radical (unpaired) electrons.